The molecule has 0 atom stereocenters. The minimum Gasteiger partial charge on any atom is -0.244 e. The third-order valence-corrected chi connectivity index (χ3v) is 6.78. The van der Waals surface area contributed by atoms with E-state index in [1.807, 2.05) is 84.9 Å². The highest BCUT2D eigenvalue weighted by Gasteiger charge is 2.17. The normalized spacial score (nSPS) is 11.2. The Morgan fingerprint density at radius 3 is 1.02 bits per heavy atom. The lowest BCUT2D eigenvalue weighted by atomic mass is 9.99. The third kappa shape index (κ3) is 4.35. The van der Waals surface area contributed by atoms with Gasteiger partial charge in [-0.2, -0.15) is 0 Å². The highest BCUT2D eigenvalue weighted by molar-refractivity contribution is 5.89. The molecule has 7 aromatic rings. The molecule has 0 radical (unpaired) electrons. The summed E-state index contributed by atoms with van der Waals surface area (Å²) in [7, 11) is 0. The van der Waals surface area contributed by atoms with E-state index in [1.165, 1.54) is 24.3 Å². The summed E-state index contributed by atoms with van der Waals surface area (Å²) in [6.45, 7) is 0. The van der Waals surface area contributed by atoms with Gasteiger partial charge in [0.2, 0.25) is 0 Å². The van der Waals surface area contributed by atoms with Crippen molar-refractivity contribution in [1.29, 1.82) is 0 Å². The van der Waals surface area contributed by atoms with Crippen LogP contribution in [0.15, 0.2) is 121 Å². The second kappa shape index (κ2) is 9.75. The van der Waals surface area contributed by atoms with Gasteiger partial charge in [0.1, 0.15) is 11.6 Å². The first kappa shape index (κ1) is 23.7. The van der Waals surface area contributed by atoms with Crippen molar-refractivity contribution in [2.45, 2.75) is 0 Å². The summed E-state index contributed by atoms with van der Waals surface area (Å²) in [5.74, 6) is -0.731. The Balaban J connectivity index is 1.40. The van der Waals surface area contributed by atoms with E-state index in [0.717, 1.165) is 22.3 Å². The van der Waals surface area contributed by atoms with Gasteiger partial charge in [-0.3, -0.25) is 0 Å². The average molecular weight is 523 g/mol. The van der Waals surface area contributed by atoms with E-state index in [1.54, 1.807) is 12.1 Å². The van der Waals surface area contributed by atoms with Crippen LogP contribution >= 0.6 is 0 Å². The summed E-state index contributed by atoms with van der Waals surface area (Å²) < 4.78 is 28.1. The lowest BCUT2D eigenvalue weighted by Crippen LogP contribution is -1.97. The molecule has 7 rings (SSSR count). The Morgan fingerprint density at radius 2 is 0.650 bits per heavy atom. The van der Waals surface area contributed by atoms with Crippen molar-refractivity contribution in [3.05, 3.63) is 133 Å². The summed E-state index contributed by atoms with van der Waals surface area (Å²) in [5, 5.41) is 0. The summed E-state index contributed by atoms with van der Waals surface area (Å²) in [6.07, 6.45) is 0. The zero-order chi connectivity index (χ0) is 27.1. The maximum atomic E-state index is 14.0. The Hall–Kier alpha value is -5.36. The van der Waals surface area contributed by atoms with Crippen LogP contribution in [0.5, 0.6) is 0 Å². The molecule has 6 heteroatoms. The van der Waals surface area contributed by atoms with E-state index < -0.39 is 0 Å². The average Bonchev–Trinajstić information content (AvgIpc) is 3.00. The monoisotopic (exact) mass is 522 g/mol. The van der Waals surface area contributed by atoms with E-state index in [-0.39, 0.29) is 11.6 Å². The maximum absolute atomic E-state index is 14.0. The molecule has 0 spiro atoms. The fraction of sp³-hybridized carbons (Fsp3) is 0. The predicted molar refractivity (Wildman–Crippen MR) is 154 cm³/mol. The Morgan fingerprint density at radius 1 is 0.325 bits per heavy atom. The zero-order valence-corrected chi connectivity index (χ0v) is 21.1. The third-order valence-electron chi connectivity index (χ3n) is 6.78. The number of benzene rings is 5. The highest BCUT2D eigenvalue weighted by Crippen LogP contribution is 2.35. The van der Waals surface area contributed by atoms with E-state index in [0.29, 0.717) is 44.8 Å². The molecule has 2 heterocycles. The zero-order valence-electron chi connectivity index (χ0n) is 21.1. The van der Waals surface area contributed by atoms with Gasteiger partial charge < -0.3 is 0 Å². The molecule has 0 amide bonds. The van der Waals surface area contributed by atoms with Crippen LogP contribution in [0.3, 0.4) is 0 Å². The number of aromatic nitrogens is 4. The number of fused-ring (bicyclic) bond motifs is 2. The Bertz CT molecular complexity index is 1860. The van der Waals surface area contributed by atoms with Crippen LogP contribution in [-0.2, 0) is 0 Å². The number of nitrogens with zero attached hydrogens (tertiary/aromatic N) is 4. The van der Waals surface area contributed by atoms with Gasteiger partial charge in [-0.25, -0.2) is 28.7 Å². The van der Waals surface area contributed by atoms with Crippen molar-refractivity contribution in [2.75, 3.05) is 0 Å². The smallest absolute Gasteiger partial charge is 0.125 e. The highest BCUT2D eigenvalue weighted by atomic mass is 19.1. The van der Waals surface area contributed by atoms with Crippen molar-refractivity contribution < 1.29 is 8.78 Å². The van der Waals surface area contributed by atoms with Gasteiger partial charge in [-0.05, 0) is 24.3 Å². The van der Waals surface area contributed by atoms with Gasteiger partial charge in [0.15, 0.2) is 0 Å². The molecule has 0 aliphatic rings. The second-order valence-electron chi connectivity index (χ2n) is 9.42. The molecule has 0 aliphatic carbocycles. The molecule has 0 saturated carbocycles. The van der Waals surface area contributed by atoms with Crippen LogP contribution in [0.4, 0.5) is 8.78 Å². The number of hydrogen-bond acceptors (Lipinski definition) is 4. The van der Waals surface area contributed by atoms with Crippen LogP contribution in [0.2, 0.25) is 0 Å². The van der Waals surface area contributed by atoms with Crippen molar-refractivity contribution in [1.82, 2.24) is 19.9 Å². The fourth-order valence-electron chi connectivity index (χ4n) is 4.84. The Kier molecular flexibility index (Phi) is 5.78. The molecule has 2 aromatic heterocycles. The van der Waals surface area contributed by atoms with E-state index >= 15 is 0 Å². The van der Waals surface area contributed by atoms with Crippen LogP contribution in [0, 0.1) is 11.6 Å². The molecular weight excluding hydrogens is 502 g/mol. The van der Waals surface area contributed by atoms with E-state index in [9.17, 15) is 8.78 Å². The van der Waals surface area contributed by atoms with E-state index in [2.05, 4.69) is 0 Å². The second-order valence-corrected chi connectivity index (χ2v) is 9.42. The minimum atomic E-state index is -0.365. The van der Waals surface area contributed by atoms with Crippen LogP contribution in [0.25, 0.3) is 67.1 Å². The maximum Gasteiger partial charge on any atom is 0.125 e. The molecule has 0 fully saturated rings. The van der Waals surface area contributed by atoms with Gasteiger partial charge in [-0.15, -0.1) is 0 Å². The van der Waals surface area contributed by atoms with Gasteiger partial charge in [-0.1, -0.05) is 84.9 Å². The largest absolute Gasteiger partial charge is 0.244 e. The fourth-order valence-corrected chi connectivity index (χ4v) is 4.84. The first-order valence-corrected chi connectivity index (χ1v) is 12.8. The Labute approximate surface area is 228 Å². The lowest BCUT2D eigenvalue weighted by Gasteiger charge is -2.13. The number of halogens is 2. The molecule has 0 bridgehead atoms. The molecule has 0 saturated heterocycles. The van der Waals surface area contributed by atoms with E-state index in [4.69, 9.17) is 19.9 Å². The summed E-state index contributed by atoms with van der Waals surface area (Å²) in [4.78, 5) is 19.4. The van der Waals surface area contributed by atoms with Gasteiger partial charge >= 0.3 is 0 Å². The molecule has 5 aromatic carbocycles. The minimum absolute atomic E-state index is 0.365. The first-order valence-electron chi connectivity index (χ1n) is 12.8. The van der Waals surface area contributed by atoms with Crippen LogP contribution in [-0.4, -0.2) is 19.9 Å². The summed E-state index contributed by atoms with van der Waals surface area (Å²) in [5.41, 5.74) is 8.36. The van der Waals surface area contributed by atoms with Crippen molar-refractivity contribution in [2.24, 2.45) is 0 Å². The molecule has 0 aliphatic heterocycles. The molecule has 4 nitrogen and oxygen atoms in total. The molecule has 40 heavy (non-hydrogen) atoms. The van der Waals surface area contributed by atoms with Crippen LogP contribution in [0.1, 0.15) is 0 Å². The molecular formula is C34H20F2N4. The van der Waals surface area contributed by atoms with Crippen molar-refractivity contribution in [3.8, 4) is 45.0 Å². The predicted octanol–water partition coefficient (Wildman–Crippen LogP) is 8.52. The standard InChI is InChI=1S/C34H20F2N4/c35-25-15-17-27-29(19-25)39-33(31(37-27)21-7-3-1-4-8-21)23-11-13-24(14-12-23)34-32(22-9-5-2-6-10-22)38-28-18-16-26(36)20-30(28)40-34/h1-20H. The van der Waals surface area contributed by atoms with Crippen molar-refractivity contribution in [3.63, 3.8) is 0 Å². The lowest BCUT2D eigenvalue weighted by molar-refractivity contribution is 0.629. The first-order chi connectivity index (χ1) is 19.6. The quantitative estimate of drug-likeness (QED) is 0.232. The molecule has 0 unspecified atom stereocenters. The van der Waals surface area contributed by atoms with Crippen LogP contribution < -0.4 is 0 Å². The molecule has 0 N–H and O–H groups in total. The van der Waals surface area contributed by atoms with Gasteiger partial charge in [0, 0.05) is 34.4 Å². The summed E-state index contributed by atoms with van der Waals surface area (Å²) in [6, 6.07) is 36.3. The van der Waals surface area contributed by atoms with Crippen molar-refractivity contribution >= 4 is 22.1 Å². The number of rotatable bonds is 4. The summed E-state index contributed by atoms with van der Waals surface area (Å²) >= 11 is 0. The topological polar surface area (TPSA) is 51.6 Å². The molecule has 190 valence electrons. The number of hydrogen-bond donors (Lipinski definition) is 0. The SMILES string of the molecule is Fc1ccc2nc(-c3ccccc3)c(-c3ccc(-c4nc5cc(F)ccc5nc4-c4ccccc4)cc3)nc2c1. The van der Waals surface area contributed by atoms with Gasteiger partial charge in [0.05, 0.1) is 44.8 Å². The van der Waals surface area contributed by atoms with Gasteiger partial charge in [0.25, 0.3) is 0 Å².